The summed E-state index contributed by atoms with van der Waals surface area (Å²) >= 11 is 6.08. The van der Waals surface area contributed by atoms with E-state index < -0.39 is 22.5 Å². The van der Waals surface area contributed by atoms with Gasteiger partial charge < -0.3 is 4.74 Å². The molecular weight excluding hydrogens is 474 g/mol. The van der Waals surface area contributed by atoms with Gasteiger partial charge in [-0.1, -0.05) is 55.8 Å². The van der Waals surface area contributed by atoms with E-state index in [0.717, 1.165) is 9.87 Å². The number of hydrogen-bond acceptors (Lipinski definition) is 5. The SMILES string of the molecule is COc1ccc(S(=O)(=O)N(CC(=O)N/N=C\c2ccc(C(C)C)cc2)c2cccc(Cl)c2)cc1. The van der Waals surface area contributed by atoms with Gasteiger partial charge in [-0.3, -0.25) is 9.10 Å². The molecular formula is C25H26ClN3O4S. The molecule has 1 N–H and O–H groups in total. The Bertz CT molecular complexity index is 1260. The number of amides is 1. The van der Waals surface area contributed by atoms with Gasteiger partial charge in [0.15, 0.2) is 0 Å². The molecule has 0 aliphatic carbocycles. The highest BCUT2D eigenvalue weighted by Gasteiger charge is 2.27. The number of nitrogens with one attached hydrogen (secondary N) is 1. The fourth-order valence-electron chi connectivity index (χ4n) is 3.13. The van der Waals surface area contributed by atoms with Crippen molar-refractivity contribution in [2.75, 3.05) is 18.0 Å². The van der Waals surface area contributed by atoms with E-state index in [9.17, 15) is 13.2 Å². The van der Waals surface area contributed by atoms with Crippen molar-refractivity contribution in [3.05, 3.63) is 88.9 Å². The summed E-state index contributed by atoms with van der Waals surface area (Å²) in [6.07, 6.45) is 1.50. The maximum absolute atomic E-state index is 13.4. The molecule has 3 aromatic rings. The topological polar surface area (TPSA) is 88.1 Å². The van der Waals surface area contributed by atoms with E-state index in [2.05, 4.69) is 24.4 Å². The van der Waals surface area contributed by atoms with Crippen LogP contribution in [0.1, 0.15) is 30.9 Å². The van der Waals surface area contributed by atoms with Crippen molar-refractivity contribution < 1.29 is 17.9 Å². The van der Waals surface area contributed by atoms with E-state index in [0.29, 0.717) is 16.7 Å². The molecule has 0 atom stereocenters. The molecule has 0 bridgehead atoms. The van der Waals surface area contributed by atoms with Gasteiger partial charge in [-0.25, -0.2) is 13.8 Å². The van der Waals surface area contributed by atoms with Gasteiger partial charge in [-0.2, -0.15) is 5.10 Å². The maximum Gasteiger partial charge on any atom is 0.264 e. The minimum atomic E-state index is -4.07. The third-order valence-electron chi connectivity index (χ3n) is 5.04. The minimum absolute atomic E-state index is 0.00909. The van der Waals surface area contributed by atoms with Gasteiger partial charge in [-0.15, -0.1) is 0 Å². The standard InChI is InChI=1S/C25H26ClN3O4S/c1-18(2)20-9-7-19(8-10-20)16-27-28-25(30)17-29(22-6-4-5-21(26)15-22)34(31,32)24-13-11-23(33-3)12-14-24/h4-16,18H,17H2,1-3H3,(H,28,30)/b27-16-. The van der Waals surface area contributed by atoms with Crippen LogP contribution < -0.4 is 14.5 Å². The molecule has 34 heavy (non-hydrogen) atoms. The monoisotopic (exact) mass is 499 g/mol. The number of benzene rings is 3. The molecule has 0 spiro atoms. The number of methoxy groups -OCH3 is 1. The van der Waals surface area contributed by atoms with Crippen LogP contribution in [0.2, 0.25) is 5.02 Å². The predicted octanol–water partition coefficient (Wildman–Crippen LogP) is 4.82. The molecule has 0 heterocycles. The highest BCUT2D eigenvalue weighted by Crippen LogP contribution is 2.27. The molecule has 0 radical (unpaired) electrons. The molecule has 0 unspecified atom stereocenters. The average molecular weight is 500 g/mol. The first-order valence-corrected chi connectivity index (χ1v) is 12.4. The molecule has 0 aliphatic heterocycles. The number of carbonyl (C=O) groups excluding carboxylic acids is 1. The second kappa shape index (κ2) is 11.2. The summed E-state index contributed by atoms with van der Waals surface area (Å²) in [4.78, 5) is 12.6. The Morgan fingerprint density at radius 2 is 1.76 bits per heavy atom. The highest BCUT2D eigenvalue weighted by atomic mass is 35.5. The normalized spacial score (nSPS) is 11.6. The van der Waals surface area contributed by atoms with Gasteiger partial charge in [0.1, 0.15) is 12.3 Å². The van der Waals surface area contributed by atoms with E-state index in [-0.39, 0.29) is 10.6 Å². The lowest BCUT2D eigenvalue weighted by Crippen LogP contribution is -2.39. The first-order valence-electron chi connectivity index (χ1n) is 10.5. The van der Waals surface area contributed by atoms with Crippen molar-refractivity contribution in [3.8, 4) is 5.75 Å². The lowest BCUT2D eigenvalue weighted by Gasteiger charge is -2.24. The molecule has 0 aromatic heterocycles. The summed E-state index contributed by atoms with van der Waals surface area (Å²) in [5.41, 5.74) is 4.66. The Morgan fingerprint density at radius 1 is 1.09 bits per heavy atom. The zero-order valence-corrected chi connectivity index (χ0v) is 20.7. The molecule has 0 saturated heterocycles. The number of halogens is 1. The van der Waals surface area contributed by atoms with Gasteiger partial charge in [-0.05, 0) is 59.5 Å². The van der Waals surface area contributed by atoms with Gasteiger partial charge >= 0.3 is 0 Å². The van der Waals surface area contributed by atoms with Crippen molar-refractivity contribution in [1.29, 1.82) is 0 Å². The van der Waals surface area contributed by atoms with E-state index >= 15 is 0 Å². The van der Waals surface area contributed by atoms with Crippen molar-refractivity contribution in [2.45, 2.75) is 24.7 Å². The first kappa shape index (κ1) is 25.3. The van der Waals surface area contributed by atoms with Crippen molar-refractivity contribution in [1.82, 2.24) is 5.43 Å². The number of carbonyl (C=O) groups is 1. The Labute approximate surface area is 205 Å². The molecule has 1 amide bonds. The Hall–Kier alpha value is -3.36. The predicted molar refractivity (Wildman–Crippen MR) is 135 cm³/mol. The Morgan fingerprint density at radius 3 is 2.35 bits per heavy atom. The number of sulfonamides is 1. The molecule has 0 fully saturated rings. The maximum atomic E-state index is 13.4. The number of ether oxygens (including phenoxy) is 1. The van der Waals surface area contributed by atoms with Crippen LogP contribution in [0.25, 0.3) is 0 Å². The average Bonchev–Trinajstić information content (AvgIpc) is 2.82. The fourth-order valence-corrected chi connectivity index (χ4v) is 4.73. The number of hydrogen-bond donors (Lipinski definition) is 1. The molecule has 0 aliphatic rings. The van der Waals surface area contributed by atoms with Crippen molar-refractivity contribution >= 4 is 39.4 Å². The lowest BCUT2D eigenvalue weighted by atomic mass is 10.0. The van der Waals surface area contributed by atoms with Crippen LogP contribution in [0.15, 0.2) is 82.8 Å². The largest absolute Gasteiger partial charge is 0.497 e. The summed E-state index contributed by atoms with van der Waals surface area (Å²) < 4.78 is 32.9. The smallest absolute Gasteiger partial charge is 0.264 e. The van der Waals surface area contributed by atoms with E-state index in [1.807, 2.05) is 24.3 Å². The van der Waals surface area contributed by atoms with E-state index in [4.69, 9.17) is 16.3 Å². The number of anilines is 1. The third-order valence-corrected chi connectivity index (χ3v) is 7.06. The van der Waals surface area contributed by atoms with E-state index in [1.54, 1.807) is 18.2 Å². The fraction of sp³-hybridized carbons (Fsp3) is 0.200. The van der Waals surface area contributed by atoms with Crippen LogP contribution in [0.3, 0.4) is 0 Å². The quantitative estimate of drug-likeness (QED) is 0.338. The zero-order valence-electron chi connectivity index (χ0n) is 19.1. The van der Waals surface area contributed by atoms with Gasteiger partial charge in [0, 0.05) is 5.02 Å². The van der Waals surface area contributed by atoms with Crippen LogP contribution in [0, 0.1) is 0 Å². The zero-order chi connectivity index (χ0) is 24.7. The van der Waals surface area contributed by atoms with Gasteiger partial charge in [0.05, 0.1) is 23.9 Å². The second-order valence-corrected chi connectivity index (χ2v) is 10.1. The van der Waals surface area contributed by atoms with Gasteiger partial charge in [0.25, 0.3) is 15.9 Å². The van der Waals surface area contributed by atoms with Crippen molar-refractivity contribution in [2.24, 2.45) is 5.10 Å². The van der Waals surface area contributed by atoms with E-state index in [1.165, 1.54) is 49.2 Å². The molecule has 178 valence electrons. The van der Waals surface area contributed by atoms with Crippen LogP contribution in [-0.2, 0) is 14.8 Å². The molecule has 9 heteroatoms. The molecule has 7 nitrogen and oxygen atoms in total. The summed E-state index contributed by atoms with van der Waals surface area (Å²) in [5.74, 6) is 0.324. The van der Waals surface area contributed by atoms with Crippen LogP contribution in [-0.4, -0.2) is 34.2 Å². The Kier molecular flexibility index (Phi) is 8.31. The van der Waals surface area contributed by atoms with Crippen LogP contribution >= 0.6 is 11.6 Å². The summed E-state index contributed by atoms with van der Waals surface area (Å²) in [7, 11) is -2.58. The highest BCUT2D eigenvalue weighted by molar-refractivity contribution is 7.92. The minimum Gasteiger partial charge on any atom is -0.497 e. The molecule has 3 aromatic carbocycles. The third kappa shape index (κ3) is 6.36. The number of rotatable bonds is 9. The lowest BCUT2D eigenvalue weighted by molar-refractivity contribution is -0.119. The Balaban J connectivity index is 1.80. The number of nitrogens with zero attached hydrogens (tertiary/aromatic N) is 2. The first-order chi connectivity index (χ1) is 16.2. The number of hydrazone groups is 1. The summed E-state index contributed by atoms with van der Waals surface area (Å²) in [6.45, 7) is 3.72. The molecule has 3 rings (SSSR count). The van der Waals surface area contributed by atoms with Gasteiger partial charge in [0.2, 0.25) is 0 Å². The van der Waals surface area contributed by atoms with Crippen molar-refractivity contribution in [3.63, 3.8) is 0 Å². The van der Waals surface area contributed by atoms with Crippen LogP contribution in [0.4, 0.5) is 5.69 Å². The summed E-state index contributed by atoms with van der Waals surface area (Å²) in [6, 6.07) is 20.0. The van der Waals surface area contributed by atoms with Crippen LogP contribution in [0.5, 0.6) is 5.75 Å². The molecule has 0 saturated carbocycles. The summed E-state index contributed by atoms with van der Waals surface area (Å²) in [5, 5.41) is 4.31. The second-order valence-electron chi connectivity index (χ2n) is 7.78.